The van der Waals surface area contributed by atoms with E-state index in [1.54, 1.807) is 18.3 Å². The molecule has 7 heteroatoms. The van der Waals surface area contributed by atoms with Crippen molar-refractivity contribution in [2.45, 2.75) is 0 Å². The van der Waals surface area contributed by atoms with Crippen LogP contribution < -0.4 is 16.6 Å². The Hall–Kier alpha value is -2.70. The highest BCUT2D eigenvalue weighted by Gasteiger charge is 2.12. The molecule has 0 saturated heterocycles. The van der Waals surface area contributed by atoms with Gasteiger partial charge in [-0.15, -0.1) is 0 Å². The Labute approximate surface area is 101 Å². The molecule has 92 valence electrons. The highest BCUT2D eigenvalue weighted by molar-refractivity contribution is 6.03. The number of amides is 1. The number of anilines is 1. The number of rotatable bonds is 2. The van der Waals surface area contributed by atoms with Crippen molar-refractivity contribution in [1.29, 1.82) is 0 Å². The zero-order chi connectivity index (χ0) is 13.1. The molecule has 0 atom stereocenters. The lowest BCUT2D eigenvalue weighted by molar-refractivity contribution is 0.102. The Balaban J connectivity index is 2.34. The summed E-state index contributed by atoms with van der Waals surface area (Å²) >= 11 is 0. The van der Waals surface area contributed by atoms with Crippen molar-refractivity contribution in [2.24, 2.45) is 7.05 Å². The lowest BCUT2D eigenvalue weighted by Crippen LogP contribution is -2.37. The Morgan fingerprint density at radius 1 is 1.44 bits per heavy atom. The number of pyridine rings is 1. The van der Waals surface area contributed by atoms with E-state index in [1.807, 2.05) is 0 Å². The van der Waals surface area contributed by atoms with E-state index < -0.39 is 17.2 Å². The van der Waals surface area contributed by atoms with E-state index in [-0.39, 0.29) is 5.56 Å². The van der Waals surface area contributed by atoms with Gasteiger partial charge in [0, 0.05) is 19.4 Å². The summed E-state index contributed by atoms with van der Waals surface area (Å²) < 4.78 is 0.832. The third kappa shape index (κ3) is 2.19. The van der Waals surface area contributed by atoms with Crippen molar-refractivity contribution in [3.63, 3.8) is 0 Å². The fourth-order valence-corrected chi connectivity index (χ4v) is 1.36. The molecule has 0 unspecified atom stereocenters. The molecule has 0 aliphatic carbocycles. The Kier molecular flexibility index (Phi) is 3.05. The first-order chi connectivity index (χ1) is 8.59. The SMILES string of the molecule is Cn1c(=O)[nH]cc(C(=O)Nc2cccnc2)c1=O. The molecule has 18 heavy (non-hydrogen) atoms. The molecule has 1 amide bonds. The topological polar surface area (TPSA) is 96.8 Å². The molecule has 2 aromatic rings. The minimum atomic E-state index is -0.653. The van der Waals surface area contributed by atoms with Crippen LogP contribution in [0.3, 0.4) is 0 Å². The first kappa shape index (κ1) is 11.8. The van der Waals surface area contributed by atoms with Crippen LogP contribution in [0.1, 0.15) is 10.4 Å². The first-order valence-corrected chi connectivity index (χ1v) is 5.09. The minimum Gasteiger partial charge on any atom is -0.320 e. The second kappa shape index (κ2) is 4.66. The van der Waals surface area contributed by atoms with Gasteiger partial charge in [-0.1, -0.05) is 0 Å². The Morgan fingerprint density at radius 2 is 2.22 bits per heavy atom. The molecular formula is C11H10N4O3. The molecule has 0 spiro atoms. The number of nitrogens with zero attached hydrogens (tertiary/aromatic N) is 2. The van der Waals surface area contributed by atoms with Gasteiger partial charge in [0.05, 0.1) is 11.9 Å². The number of hydrogen-bond donors (Lipinski definition) is 2. The molecule has 7 nitrogen and oxygen atoms in total. The zero-order valence-electron chi connectivity index (χ0n) is 9.51. The zero-order valence-corrected chi connectivity index (χ0v) is 9.51. The van der Waals surface area contributed by atoms with Crippen LogP contribution in [0.25, 0.3) is 0 Å². The average molecular weight is 246 g/mol. The van der Waals surface area contributed by atoms with Crippen LogP contribution in [-0.2, 0) is 7.05 Å². The van der Waals surface area contributed by atoms with Gasteiger partial charge in [0.2, 0.25) is 0 Å². The van der Waals surface area contributed by atoms with Crippen molar-refractivity contribution in [1.82, 2.24) is 14.5 Å². The number of carbonyl (C=O) groups excluding carboxylic acids is 1. The van der Waals surface area contributed by atoms with E-state index in [0.717, 1.165) is 10.8 Å². The van der Waals surface area contributed by atoms with Gasteiger partial charge in [-0.3, -0.25) is 19.1 Å². The summed E-state index contributed by atoms with van der Waals surface area (Å²) in [7, 11) is 1.29. The Morgan fingerprint density at radius 3 is 2.89 bits per heavy atom. The monoisotopic (exact) mass is 246 g/mol. The summed E-state index contributed by atoms with van der Waals surface area (Å²) in [5.74, 6) is -0.597. The van der Waals surface area contributed by atoms with Gasteiger partial charge in [0.1, 0.15) is 5.56 Å². The summed E-state index contributed by atoms with van der Waals surface area (Å²) in [6, 6.07) is 3.29. The van der Waals surface area contributed by atoms with Gasteiger partial charge in [-0.05, 0) is 12.1 Å². The average Bonchev–Trinajstić information content (AvgIpc) is 2.37. The maximum absolute atomic E-state index is 11.8. The van der Waals surface area contributed by atoms with E-state index in [0.29, 0.717) is 5.69 Å². The van der Waals surface area contributed by atoms with Crippen LogP contribution in [-0.4, -0.2) is 20.4 Å². The van der Waals surface area contributed by atoms with Crippen molar-refractivity contribution in [3.05, 3.63) is 57.1 Å². The second-order valence-electron chi connectivity index (χ2n) is 3.57. The molecule has 2 rings (SSSR count). The van der Waals surface area contributed by atoms with Crippen LogP contribution >= 0.6 is 0 Å². The van der Waals surface area contributed by atoms with Gasteiger partial charge in [-0.25, -0.2) is 4.79 Å². The highest BCUT2D eigenvalue weighted by Crippen LogP contribution is 2.03. The van der Waals surface area contributed by atoms with Gasteiger partial charge < -0.3 is 10.3 Å². The van der Waals surface area contributed by atoms with E-state index >= 15 is 0 Å². The molecule has 0 bridgehead atoms. The van der Waals surface area contributed by atoms with Gasteiger partial charge in [0.15, 0.2) is 0 Å². The molecule has 0 fully saturated rings. The van der Waals surface area contributed by atoms with Crippen molar-refractivity contribution < 1.29 is 4.79 Å². The largest absolute Gasteiger partial charge is 0.328 e. The second-order valence-corrected chi connectivity index (χ2v) is 3.57. The van der Waals surface area contributed by atoms with E-state index in [4.69, 9.17) is 0 Å². The van der Waals surface area contributed by atoms with Gasteiger partial charge in [0.25, 0.3) is 11.5 Å². The third-order valence-electron chi connectivity index (χ3n) is 2.34. The van der Waals surface area contributed by atoms with E-state index in [2.05, 4.69) is 15.3 Å². The quantitative estimate of drug-likeness (QED) is 0.761. The number of H-pyrrole nitrogens is 1. The molecule has 0 saturated carbocycles. The van der Waals surface area contributed by atoms with Crippen molar-refractivity contribution in [2.75, 3.05) is 5.32 Å². The summed E-state index contributed by atoms with van der Waals surface area (Å²) in [5, 5.41) is 2.51. The molecule has 0 radical (unpaired) electrons. The first-order valence-electron chi connectivity index (χ1n) is 5.09. The molecule has 2 N–H and O–H groups in total. The molecular weight excluding hydrogens is 236 g/mol. The van der Waals surface area contributed by atoms with Crippen molar-refractivity contribution in [3.8, 4) is 0 Å². The smallest absolute Gasteiger partial charge is 0.320 e. The van der Waals surface area contributed by atoms with Crippen molar-refractivity contribution >= 4 is 11.6 Å². The fraction of sp³-hybridized carbons (Fsp3) is 0.0909. The van der Waals surface area contributed by atoms with Crippen LogP contribution in [0.5, 0.6) is 0 Å². The minimum absolute atomic E-state index is 0.138. The van der Waals surface area contributed by atoms with Crippen LogP contribution in [0.15, 0.2) is 40.3 Å². The normalized spacial score (nSPS) is 10.1. The number of aromatic nitrogens is 3. The number of carbonyl (C=O) groups is 1. The fourth-order valence-electron chi connectivity index (χ4n) is 1.36. The van der Waals surface area contributed by atoms with Gasteiger partial charge >= 0.3 is 5.69 Å². The van der Waals surface area contributed by atoms with Crippen LogP contribution in [0.2, 0.25) is 0 Å². The predicted molar refractivity (Wildman–Crippen MR) is 64.5 cm³/mol. The molecule has 0 aliphatic rings. The van der Waals surface area contributed by atoms with E-state index in [9.17, 15) is 14.4 Å². The van der Waals surface area contributed by atoms with Crippen LogP contribution in [0, 0.1) is 0 Å². The maximum Gasteiger partial charge on any atom is 0.328 e. The third-order valence-corrected chi connectivity index (χ3v) is 2.34. The lowest BCUT2D eigenvalue weighted by atomic mass is 10.3. The van der Waals surface area contributed by atoms with Crippen LogP contribution in [0.4, 0.5) is 5.69 Å². The molecule has 0 aromatic carbocycles. The summed E-state index contributed by atoms with van der Waals surface area (Å²) in [6.45, 7) is 0. The summed E-state index contributed by atoms with van der Waals surface area (Å²) in [6.07, 6.45) is 4.11. The predicted octanol–water partition coefficient (Wildman–Crippen LogP) is -0.279. The van der Waals surface area contributed by atoms with E-state index in [1.165, 1.54) is 13.2 Å². The standard InChI is InChI=1S/C11H10N4O3/c1-15-10(17)8(6-13-11(15)18)9(16)14-7-3-2-4-12-5-7/h2-6H,1H3,(H,13,18)(H,14,16). The van der Waals surface area contributed by atoms with Gasteiger partial charge in [-0.2, -0.15) is 0 Å². The molecule has 0 aliphatic heterocycles. The summed E-state index contributed by atoms with van der Waals surface area (Å²) in [5.41, 5.74) is -0.894. The lowest BCUT2D eigenvalue weighted by Gasteiger charge is -2.04. The number of nitrogens with one attached hydrogen (secondary N) is 2. The molecule has 2 aromatic heterocycles. The highest BCUT2D eigenvalue weighted by atomic mass is 16.2. The maximum atomic E-state index is 11.8. The number of aromatic amines is 1. The number of hydrogen-bond acceptors (Lipinski definition) is 4. The Bertz CT molecular complexity index is 687. The molecule has 2 heterocycles. The summed E-state index contributed by atoms with van der Waals surface area (Å²) in [4.78, 5) is 40.8.